The number of nitrogens with two attached hydrogens (primary N) is 1. The Labute approximate surface area is 118 Å². The third-order valence-corrected chi connectivity index (χ3v) is 3.72. The van der Waals surface area contributed by atoms with Crippen molar-refractivity contribution in [1.29, 1.82) is 0 Å². The number of hydrogen-bond donors (Lipinski definition) is 3. The van der Waals surface area contributed by atoms with Crippen LogP contribution >= 0.6 is 11.8 Å². The first kappa shape index (κ1) is 16.6. The van der Waals surface area contributed by atoms with E-state index < -0.39 is 17.6 Å². The van der Waals surface area contributed by atoms with E-state index >= 15 is 0 Å². The highest BCUT2D eigenvalue weighted by atomic mass is 32.2. The zero-order chi connectivity index (χ0) is 15.3. The van der Waals surface area contributed by atoms with Crippen LogP contribution in [0.1, 0.15) is 24.5 Å². The third kappa shape index (κ3) is 4.31. The Morgan fingerprint density at radius 1 is 1.45 bits per heavy atom. The van der Waals surface area contributed by atoms with Crippen molar-refractivity contribution >= 4 is 17.6 Å². The highest BCUT2D eigenvalue weighted by Gasteiger charge is 2.34. The molecule has 0 bridgehead atoms. The van der Waals surface area contributed by atoms with Crippen molar-refractivity contribution in [2.45, 2.75) is 29.7 Å². The number of benzene rings is 1. The van der Waals surface area contributed by atoms with Crippen LogP contribution in [0.15, 0.2) is 28.3 Å². The Morgan fingerprint density at radius 2 is 2.10 bits per heavy atom. The van der Waals surface area contributed by atoms with Gasteiger partial charge < -0.3 is 16.0 Å². The zero-order valence-corrected chi connectivity index (χ0v) is 11.5. The number of oxime groups is 1. The molecule has 0 aliphatic carbocycles. The van der Waals surface area contributed by atoms with Gasteiger partial charge in [0.1, 0.15) is 0 Å². The lowest BCUT2D eigenvalue weighted by molar-refractivity contribution is -0.137. The Hall–Kier alpha value is -1.41. The van der Waals surface area contributed by atoms with Crippen molar-refractivity contribution in [2.75, 3.05) is 6.61 Å². The first-order valence-electron chi connectivity index (χ1n) is 5.76. The average Bonchev–Trinajstić information content (AvgIpc) is 2.36. The number of nitrogens with zero attached hydrogens (tertiary/aromatic N) is 1. The molecule has 0 amide bonds. The minimum Gasteiger partial charge on any atom is -0.409 e. The monoisotopic (exact) mass is 308 g/mol. The summed E-state index contributed by atoms with van der Waals surface area (Å²) in [6.45, 7) is 1.85. The highest BCUT2D eigenvalue weighted by molar-refractivity contribution is 7.99. The van der Waals surface area contributed by atoms with Crippen LogP contribution in [0.4, 0.5) is 13.2 Å². The maximum absolute atomic E-state index is 12.8. The van der Waals surface area contributed by atoms with E-state index in [1.165, 1.54) is 23.9 Å². The molecule has 1 rings (SSSR count). The minimum absolute atomic E-state index is 0.00188. The normalized spacial score (nSPS) is 14.3. The summed E-state index contributed by atoms with van der Waals surface area (Å²) >= 11 is 1.31. The first-order chi connectivity index (χ1) is 9.29. The Balaban J connectivity index is 3.15. The number of rotatable bonds is 5. The number of alkyl halides is 3. The molecule has 0 spiro atoms. The Bertz CT molecular complexity index is 492. The summed E-state index contributed by atoms with van der Waals surface area (Å²) in [6, 6.07) is 3.47. The number of aliphatic hydroxyl groups excluding tert-OH is 1. The van der Waals surface area contributed by atoms with E-state index in [2.05, 4.69) is 5.16 Å². The fourth-order valence-corrected chi connectivity index (χ4v) is 2.60. The SMILES string of the molecule is CC(CCO)Sc1ccc(C(F)(F)F)c(/C(N)=N/O)c1. The molecule has 112 valence electrons. The molecule has 0 aromatic heterocycles. The van der Waals surface area contributed by atoms with E-state index in [1.54, 1.807) is 0 Å². The number of amidine groups is 1. The lowest BCUT2D eigenvalue weighted by atomic mass is 10.1. The predicted molar refractivity (Wildman–Crippen MR) is 71.0 cm³/mol. The van der Waals surface area contributed by atoms with E-state index in [0.29, 0.717) is 11.3 Å². The van der Waals surface area contributed by atoms with Gasteiger partial charge in [-0.3, -0.25) is 0 Å². The molecule has 8 heteroatoms. The molecular formula is C12H15F3N2O2S. The maximum Gasteiger partial charge on any atom is 0.417 e. The molecule has 0 saturated heterocycles. The second-order valence-electron chi connectivity index (χ2n) is 4.13. The van der Waals surface area contributed by atoms with Gasteiger partial charge in [0.05, 0.1) is 5.56 Å². The van der Waals surface area contributed by atoms with Crippen LogP contribution in [0.25, 0.3) is 0 Å². The van der Waals surface area contributed by atoms with Crippen molar-refractivity contribution in [3.05, 3.63) is 29.3 Å². The Morgan fingerprint density at radius 3 is 2.60 bits per heavy atom. The summed E-state index contributed by atoms with van der Waals surface area (Å²) < 4.78 is 38.5. The van der Waals surface area contributed by atoms with Gasteiger partial charge in [0.2, 0.25) is 0 Å². The van der Waals surface area contributed by atoms with Crippen LogP contribution in [0, 0.1) is 0 Å². The average molecular weight is 308 g/mol. The van der Waals surface area contributed by atoms with E-state index in [1.807, 2.05) is 6.92 Å². The molecule has 0 heterocycles. The topological polar surface area (TPSA) is 78.8 Å². The fourth-order valence-electron chi connectivity index (χ4n) is 1.58. The van der Waals surface area contributed by atoms with Gasteiger partial charge in [0.15, 0.2) is 5.84 Å². The smallest absolute Gasteiger partial charge is 0.409 e. The molecule has 0 radical (unpaired) electrons. The van der Waals surface area contributed by atoms with Crippen LogP contribution in [0.2, 0.25) is 0 Å². The van der Waals surface area contributed by atoms with Crippen LogP contribution in [-0.2, 0) is 6.18 Å². The second kappa shape index (κ2) is 6.85. The van der Waals surface area contributed by atoms with Gasteiger partial charge >= 0.3 is 6.18 Å². The van der Waals surface area contributed by atoms with Crippen LogP contribution in [-0.4, -0.2) is 28.0 Å². The lowest BCUT2D eigenvalue weighted by Gasteiger charge is -2.15. The zero-order valence-electron chi connectivity index (χ0n) is 10.7. The standard InChI is InChI=1S/C12H15F3N2O2S/c1-7(4-5-18)20-8-2-3-10(12(13,14)15)9(6-8)11(16)17-19/h2-3,6-7,18-19H,4-5H2,1H3,(H2,16,17). The number of aliphatic hydroxyl groups is 1. The molecule has 1 unspecified atom stereocenters. The molecule has 1 atom stereocenters. The summed E-state index contributed by atoms with van der Waals surface area (Å²) in [5, 5.41) is 20.1. The Kier molecular flexibility index (Phi) is 5.70. The van der Waals surface area contributed by atoms with Crippen LogP contribution in [0.5, 0.6) is 0 Å². The van der Waals surface area contributed by atoms with Gasteiger partial charge in [-0.2, -0.15) is 13.2 Å². The van der Waals surface area contributed by atoms with Crippen molar-refractivity contribution in [3.8, 4) is 0 Å². The summed E-state index contributed by atoms with van der Waals surface area (Å²) in [4.78, 5) is 0.556. The van der Waals surface area contributed by atoms with E-state index in [-0.39, 0.29) is 17.4 Å². The van der Waals surface area contributed by atoms with Crippen molar-refractivity contribution in [1.82, 2.24) is 0 Å². The van der Waals surface area contributed by atoms with Gasteiger partial charge in [0.25, 0.3) is 0 Å². The van der Waals surface area contributed by atoms with Gasteiger partial charge in [-0.1, -0.05) is 12.1 Å². The quantitative estimate of drug-likeness (QED) is 0.257. The van der Waals surface area contributed by atoms with Gasteiger partial charge in [-0.15, -0.1) is 11.8 Å². The lowest BCUT2D eigenvalue weighted by Crippen LogP contribution is -2.20. The van der Waals surface area contributed by atoms with Crippen molar-refractivity contribution < 1.29 is 23.5 Å². The summed E-state index contributed by atoms with van der Waals surface area (Å²) in [7, 11) is 0. The van der Waals surface area contributed by atoms with Crippen molar-refractivity contribution in [3.63, 3.8) is 0 Å². The van der Waals surface area contributed by atoms with Crippen LogP contribution in [0.3, 0.4) is 0 Å². The molecule has 1 aromatic carbocycles. The first-order valence-corrected chi connectivity index (χ1v) is 6.64. The van der Waals surface area contributed by atoms with Crippen LogP contribution < -0.4 is 5.73 Å². The molecule has 0 aliphatic heterocycles. The van der Waals surface area contributed by atoms with Gasteiger partial charge in [0, 0.05) is 22.3 Å². The summed E-state index contributed by atoms with van der Waals surface area (Å²) in [5.74, 6) is -0.588. The third-order valence-electron chi connectivity index (χ3n) is 2.55. The molecule has 1 aromatic rings. The van der Waals surface area contributed by atoms with E-state index in [9.17, 15) is 13.2 Å². The number of thioether (sulfide) groups is 1. The fraction of sp³-hybridized carbons (Fsp3) is 0.417. The molecule has 0 aliphatic rings. The number of halogens is 3. The summed E-state index contributed by atoms with van der Waals surface area (Å²) in [5.41, 5.74) is 3.99. The predicted octanol–water partition coefficient (Wildman–Crippen LogP) is 2.66. The summed E-state index contributed by atoms with van der Waals surface area (Å²) in [6.07, 6.45) is -4.06. The molecular weight excluding hydrogens is 293 g/mol. The largest absolute Gasteiger partial charge is 0.417 e. The number of hydrogen-bond acceptors (Lipinski definition) is 4. The van der Waals surface area contributed by atoms with E-state index in [4.69, 9.17) is 16.0 Å². The highest BCUT2D eigenvalue weighted by Crippen LogP contribution is 2.35. The van der Waals surface area contributed by atoms with Crippen molar-refractivity contribution in [2.24, 2.45) is 10.9 Å². The molecule has 4 nitrogen and oxygen atoms in total. The molecule has 20 heavy (non-hydrogen) atoms. The maximum atomic E-state index is 12.8. The minimum atomic E-state index is -4.58. The molecule has 4 N–H and O–H groups in total. The molecule has 0 saturated carbocycles. The van der Waals surface area contributed by atoms with Gasteiger partial charge in [-0.25, -0.2) is 0 Å². The van der Waals surface area contributed by atoms with Gasteiger partial charge in [-0.05, 0) is 24.6 Å². The van der Waals surface area contributed by atoms with E-state index in [0.717, 1.165) is 6.07 Å². The molecule has 0 fully saturated rings. The second-order valence-corrected chi connectivity index (χ2v) is 5.64.